The van der Waals surface area contributed by atoms with Crippen LogP contribution in [0.1, 0.15) is 38.2 Å². The Kier molecular flexibility index (Phi) is 9.66. The van der Waals surface area contributed by atoms with Gasteiger partial charge in [-0.1, -0.05) is 40.5 Å². The number of halogens is 1. The van der Waals surface area contributed by atoms with Crippen LogP contribution in [0.2, 0.25) is 0 Å². The van der Waals surface area contributed by atoms with E-state index in [2.05, 4.69) is 54.0 Å². The van der Waals surface area contributed by atoms with Crippen molar-refractivity contribution in [2.75, 3.05) is 17.7 Å². The number of hydrogen-bond donors (Lipinski definition) is 0. The molecule has 0 saturated carbocycles. The van der Waals surface area contributed by atoms with Gasteiger partial charge in [-0.2, -0.15) is 0 Å². The maximum Gasteiger partial charge on any atom is 0.0572 e. The minimum Gasteiger partial charge on any atom is -0.378 e. The van der Waals surface area contributed by atoms with E-state index in [0.717, 1.165) is 30.5 Å². The molecule has 0 aliphatic rings. The van der Waals surface area contributed by atoms with E-state index < -0.39 is 0 Å². The molecule has 108 valence electrons. The summed E-state index contributed by atoms with van der Waals surface area (Å²) in [6, 6.07) is 8.75. The van der Waals surface area contributed by atoms with Crippen molar-refractivity contribution in [2.24, 2.45) is 0 Å². The Labute approximate surface area is 130 Å². The Morgan fingerprint density at radius 1 is 1.21 bits per heavy atom. The van der Waals surface area contributed by atoms with Crippen molar-refractivity contribution in [3.8, 4) is 0 Å². The van der Waals surface area contributed by atoms with E-state index >= 15 is 0 Å². The second-order valence-corrected chi connectivity index (χ2v) is 6.71. The van der Waals surface area contributed by atoms with Crippen molar-refractivity contribution in [1.82, 2.24) is 0 Å². The predicted molar refractivity (Wildman–Crippen MR) is 89.6 cm³/mol. The fourth-order valence-corrected chi connectivity index (χ4v) is 2.99. The highest BCUT2D eigenvalue weighted by Crippen LogP contribution is 2.19. The van der Waals surface area contributed by atoms with Crippen LogP contribution in [0.15, 0.2) is 29.2 Å². The van der Waals surface area contributed by atoms with Crippen LogP contribution >= 0.6 is 27.7 Å². The van der Waals surface area contributed by atoms with Crippen LogP contribution in [0.3, 0.4) is 0 Å². The van der Waals surface area contributed by atoms with Gasteiger partial charge in [0, 0.05) is 22.6 Å². The lowest BCUT2D eigenvalue weighted by Crippen LogP contribution is -2.13. The molecular weight excluding hydrogens is 320 g/mol. The van der Waals surface area contributed by atoms with E-state index in [1.54, 1.807) is 0 Å². The zero-order valence-corrected chi connectivity index (χ0v) is 14.4. The molecule has 1 aromatic rings. The Morgan fingerprint density at radius 3 is 2.58 bits per heavy atom. The number of rotatable bonds is 10. The molecule has 0 radical (unpaired) electrons. The van der Waals surface area contributed by atoms with E-state index in [-0.39, 0.29) is 0 Å². The van der Waals surface area contributed by atoms with E-state index in [0.29, 0.717) is 6.10 Å². The van der Waals surface area contributed by atoms with Crippen molar-refractivity contribution < 1.29 is 4.74 Å². The van der Waals surface area contributed by atoms with Crippen LogP contribution in [-0.2, 0) is 4.74 Å². The number of alkyl halides is 1. The lowest BCUT2D eigenvalue weighted by atomic mass is 10.1. The van der Waals surface area contributed by atoms with Gasteiger partial charge in [0.05, 0.1) is 6.10 Å². The standard InChI is InChI=1S/C16H25BrOS/c1-3-15(6-4-11-17)18-12-5-13-19-16-9-7-14(2)8-10-16/h7-10,15H,3-6,11-13H2,1-2H3. The van der Waals surface area contributed by atoms with Crippen LogP contribution in [-0.4, -0.2) is 23.8 Å². The SMILES string of the molecule is CCC(CCCBr)OCCCSc1ccc(C)cc1. The molecule has 0 aromatic heterocycles. The van der Waals surface area contributed by atoms with Crippen molar-refractivity contribution in [3.63, 3.8) is 0 Å². The van der Waals surface area contributed by atoms with Gasteiger partial charge < -0.3 is 4.74 Å². The molecule has 0 fully saturated rings. The lowest BCUT2D eigenvalue weighted by Gasteiger charge is -2.15. The summed E-state index contributed by atoms with van der Waals surface area (Å²) >= 11 is 5.39. The fraction of sp³-hybridized carbons (Fsp3) is 0.625. The predicted octanol–water partition coefficient (Wildman–Crippen LogP) is 5.45. The normalized spacial score (nSPS) is 12.6. The van der Waals surface area contributed by atoms with E-state index in [9.17, 15) is 0 Å². The first-order chi connectivity index (χ1) is 9.26. The van der Waals surface area contributed by atoms with Crippen LogP contribution in [0.5, 0.6) is 0 Å². The topological polar surface area (TPSA) is 9.23 Å². The average Bonchev–Trinajstić information content (AvgIpc) is 2.44. The van der Waals surface area contributed by atoms with Crippen molar-refractivity contribution in [3.05, 3.63) is 29.8 Å². The third kappa shape index (κ3) is 8.01. The summed E-state index contributed by atoms with van der Waals surface area (Å²) < 4.78 is 5.92. The lowest BCUT2D eigenvalue weighted by molar-refractivity contribution is 0.0456. The van der Waals surface area contributed by atoms with Crippen LogP contribution < -0.4 is 0 Å². The number of hydrogen-bond acceptors (Lipinski definition) is 2. The first-order valence-electron chi connectivity index (χ1n) is 7.13. The molecule has 1 rings (SSSR count). The smallest absolute Gasteiger partial charge is 0.0572 e. The van der Waals surface area contributed by atoms with Crippen LogP contribution in [0.4, 0.5) is 0 Å². The average molecular weight is 345 g/mol. The molecule has 0 heterocycles. The molecule has 1 atom stereocenters. The monoisotopic (exact) mass is 344 g/mol. The van der Waals surface area contributed by atoms with Crippen LogP contribution in [0.25, 0.3) is 0 Å². The van der Waals surface area contributed by atoms with Gasteiger partial charge >= 0.3 is 0 Å². The van der Waals surface area contributed by atoms with E-state index in [4.69, 9.17) is 4.74 Å². The molecule has 3 heteroatoms. The quantitative estimate of drug-likeness (QED) is 0.317. The number of benzene rings is 1. The number of aryl methyl sites for hydroxylation is 1. The van der Waals surface area contributed by atoms with E-state index in [1.165, 1.54) is 23.3 Å². The van der Waals surface area contributed by atoms with Crippen molar-refractivity contribution in [1.29, 1.82) is 0 Å². The fourth-order valence-electron chi connectivity index (χ4n) is 1.84. The zero-order chi connectivity index (χ0) is 13.9. The maximum absolute atomic E-state index is 5.92. The molecule has 1 nitrogen and oxygen atoms in total. The van der Waals surface area contributed by atoms with Gasteiger partial charge in [0.1, 0.15) is 0 Å². The molecule has 0 aliphatic carbocycles. The Hall–Kier alpha value is 0.0100. The van der Waals surface area contributed by atoms with Crippen molar-refractivity contribution >= 4 is 27.7 Å². The second-order valence-electron chi connectivity index (χ2n) is 4.75. The number of ether oxygens (including phenoxy) is 1. The van der Waals surface area contributed by atoms with Gasteiger partial charge in [-0.15, -0.1) is 11.8 Å². The van der Waals surface area contributed by atoms with Gasteiger partial charge in [0.25, 0.3) is 0 Å². The van der Waals surface area contributed by atoms with E-state index in [1.807, 2.05) is 11.8 Å². The third-order valence-corrected chi connectivity index (χ3v) is 4.71. The first-order valence-corrected chi connectivity index (χ1v) is 9.24. The summed E-state index contributed by atoms with van der Waals surface area (Å²) in [5.41, 5.74) is 1.32. The van der Waals surface area contributed by atoms with Gasteiger partial charge in [-0.3, -0.25) is 0 Å². The third-order valence-electron chi connectivity index (χ3n) is 3.05. The van der Waals surface area contributed by atoms with Gasteiger partial charge in [0.15, 0.2) is 0 Å². The molecule has 0 N–H and O–H groups in total. The van der Waals surface area contributed by atoms with Gasteiger partial charge in [-0.25, -0.2) is 0 Å². The highest BCUT2D eigenvalue weighted by atomic mass is 79.9. The minimum absolute atomic E-state index is 0.446. The molecule has 0 saturated heterocycles. The second kappa shape index (κ2) is 10.8. The van der Waals surface area contributed by atoms with Crippen molar-refractivity contribution in [2.45, 2.75) is 50.5 Å². The molecule has 1 aromatic carbocycles. The largest absolute Gasteiger partial charge is 0.378 e. The molecule has 0 amide bonds. The maximum atomic E-state index is 5.92. The summed E-state index contributed by atoms with van der Waals surface area (Å²) in [6.07, 6.45) is 5.08. The Bertz CT molecular complexity index is 326. The summed E-state index contributed by atoms with van der Waals surface area (Å²) in [7, 11) is 0. The molecule has 19 heavy (non-hydrogen) atoms. The first kappa shape index (κ1) is 17.1. The van der Waals surface area contributed by atoms with Gasteiger partial charge in [0.2, 0.25) is 0 Å². The minimum atomic E-state index is 0.446. The Morgan fingerprint density at radius 2 is 1.95 bits per heavy atom. The summed E-state index contributed by atoms with van der Waals surface area (Å²) in [5.74, 6) is 1.14. The Balaban J connectivity index is 2.08. The zero-order valence-electron chi connectivity index (χ0n) is 12.0. The molecule has 0 bridgehead atoms. The molecular formula is C16H25BrOS. The van der Waals surface area contributed by atoms with Crippen LogP contribution in [0, 0.1) is 6.92 Å². The molecule has 0 spiro atoms. The highest BCUT2D eigenvalue weighted by Gasteiger charge is 2.05. The van der Waals surface area contributed by atoms with Gasteiger partial charge in [-0.05, 0) is 44.7 Å². The summed E-state index contributed by atoms with van der Waals surface area (Å²) in [4.78, 5) is 1.36. The molecule has 1 unspecified atom stereocenters. The summed E-state index contributed by atoms with van der Waals surface area (Å²) in [6.45, 7) is 5.22. The summed E-state index contributed by atoms with van der Waals surface area (Å²) in [5, 5.41) is 1.08. The number of thioether (sulfide) groups is 1. The highest BCUT2D eigenvalue weighted by molar-refractivity contribution is 9.09. The molecule has 0 aliphatic heterocycles.